The van der Waals surface area contributed by atoms with Gasteiger partial charge in [-0.2, -0.15) is 22.5 Å². The summed E-state index contributed by atoms with van der Waals surface area (Å²) in [5.41, 5.74) is 0.610. The Morgan fingerprint density at radius 3 is 2.67 bits per heavy atom. The molecule has 0 amide bonds. The van der Waals surface area contributed by atoms with E-state index in [1.807, 2.05) is 0 Å². The topological polar surface area (TPSA) is 37.8 Å². The first-order valence-corrected chi connectivity index (χ1v) is 5.62. The maximum atomic E-state index is 12.9. The molecule has 96 valence electrons. The van der Waals surface area contributed by atoms with E-state index in [0.29, 0.717) is 17.1 Å². The van der Waals surface area contributed by atoms with Crippen LogP contribution in [0.1, 0.15) is 11.4 Å². The van der Waals surface area contributed by atoms with E-state index in [1.54, 1.807) is 6.07 Å². The van der Waals surface area contributed by atoms with Crippen LogP contribution in [-0.4, -0.2) is 9.36 Å². The van der Waals surface area contributed by atoms with E-state index < -0.39 is 17.8 Å². The molecule has 1 aromatic heterocycles. The molecule has 1 aromatic carbocycles. The molecule has 3 nitrogen and oxygen atoms in total. The van der Waals surface area contributed by atoms with Crippen molar-refractivity contribution in [1.29, 1.82) is 0 Å². The summed E-state index contributed by atoms with van der Waals surface area (Å²) in [6.07, 6.45) is -4.55. The minimum Gasteiger partial charge on any atom is -0.356 e. The number of rotatable bonds is 3. The third-order valence-electron chi connectivity index (χ3n) is 2.01. The van der Waals surface area contributed by atoms with Crippen LogP contribution >= 0.6 is 11.5 Å². The average Bonchev–Trinajstić information content (AvgIpc) is 2.74. The van der Waals surface area contributed by atoms with Crippen molar-refractivity contribution < 1.29 is 17.6 Å². The first-order valence-electron chi connectivity index (χ1n) is 4.84. The molecule has 18 heavy (non-hydrogen) atoms. The number of alkyl halides is 3. The zero-order chi connectivity index (χ0) is 13.2. The largest absolute Gasteiger partial charge is 0.452 e. The summed E-state index contributed by atoms with van der Waals surface area (Å²) < 4.78 is 52.7. The fraction of sp³-hybridized carbons (Fsp3) is 0.200. The molecule has 0 saturated heterocycles. The number of nitrogens with zero attached hydrogens (tertiary/aromatic N) is 2. The number of anilines is 1. The summed E-state index contributed by atoms with van der Waals surface area (Å²) in [5.74, 6) is -1.57. The molecule has 2 aromatic rings. The Hall–Kier alpha value is -1.70. The molecule has 0 atom stereocenters. The minimum absolute atomic E-state index is 0.0478. The lowest BCUT2D eigenvalue weighted by molar-refractivity contribution is -0.144. The molecule has 8 heteroatoms. The fourth-order valence-electron chi connectivity index (χ4n) is 1.24. The van der Waals surface area contributed by atoms with Crippen LogP contribution in [0.2, 0.25) is 0 Å². The van der Waals surface area contributed by atoms with E-state index in [4.69, 9.17) is 0 Å². The summed E-state index contributed by atoms with van der Waals surface area (Å²) in [5, 5.41) is 2.71. The highest BCUT2D eigenvalue weighted by Crippen LogP contribution is 2.29. The second-order valence-electron chi connectivity index (χ2n) is 3.40. The van der Waals surface area contributed by atoms with Crippen LogP contribution < -0.4 is 5.32 Å². The number of nitrogens with one attached hydrogen (secondary N) is 1. The maximum absolute atomic E-state index is 12.9. The van der Waals surface area contributed by atoms with Crippen LogP contribution in [0.25, 0.3) is 0 Å². The highest BCUT2D eigenvalue weighted by atomic mass is 32.1. The standard InChI is InChI=1S/C10H7F4N3S/c11-7-3-1-2-6(4-7)5-15-9-16-8(17-18-9)10(12,13)14/h1-4H,5H2,(H,15,16,17). The highest BCUT2D eigenvalue weighted by molar-refractivity contribution is 7.09. The van der Waals surface area contributed by atoms with E-state index in [2.05, 4.69) is 14.7 Å². The Bertz CT molecular complexity index is 538. The third-order valence-corrected chi connectivity index (χ3v) is 2.69. The third kappa shape index (κ3) is 3.16. The van der Waals surface area contributed by atoms with Gasteiger partial charge in [0.1, 0.15) is 5.82 Å². The Morgan fingerprint density at radius 1 is 1.28 bits per heavy atom. The molecule has 0 spiro atoms. The molecular weight excluding hydrogens is 270 g/mol. The van der Waals surface area contributed by atoms with Crippen LogP contribution in [0, 0.1) is 5.82 Å². The number of halogens is 4. The molecule has 0 bridgehead atoms. The van der Waals surface area contributed by atoms with Gasteiger partial charge in [0, 0.05) is 18.1 Å². The predicted octanol–water partition coefficient (Wildman–Crippen LogP) is 3.31. The van der Waals surface area contributed by atoms with Crippen LogP contribution in [0.4, 0.5) is 22.7 Å². The molecule has 0 aliphatic carbocycles. The Kier molecular flexibility index (Phi) is 3.46. The molecule has 0 aliphatic rings. The minimum atomic E-state index is -4.55. The number of benzene rings is 1. The van der Waals surface area contributed by atoms with Gasteiger partial charge in [-0.1, -0.05) is 12.1 Å². The summed E-state index contributed by atoms with van der Waals surface area (Å²) in [7, 11) is 0. The Balaban J connectivity index is 2.01. The molecule has 0 saturated carbocycles. The van der Waals surface area contributed by atoms with Gasteiger partial charge < -0.3 is 5.32 Å². The lowest BCUT2D eigenvalue weighted by Gasteiger charge is -2.02. The van der Waals surface area contributed by atoms with Crippen molar-refractivity contribution in [2.75, 3.05) is 5.32 Å². The van der Waals surface area contributed by atoms with Gasteiger partial charge in [-0.05, 0) is 17.7 Å². The molecule has 1 N–H and O–H groups in total. The molecule has 1 heterocycles. The molecule has 2 rings (SSSR count). The van der Waals surface area contributed by atoms with Crippen molar-refractivity contribution in [3.63, 3.8) is 0 Å². The van der Waals surface area contributed by atoms with Gasteiger partial charge in [-0.25, -0.2) is 4.39 Å². The van der Waals surface area contributed by atoms with Crippen molar-refractivity contribution >= 4 is 16.7 Å². The van der Waals surface area contributed by atoms with Crippen LogP contribution in [-0.2, 0) is 12.7 Å². The van der Waals surface area contributed by atoms with Crippen LogP contribution in [0.5, 0.6) is 0 Å². The molecule has 0 aliphatic heterocycles. The average molecular weight is 277 g/mol. The molecule has 0 radical (unpaired) electrons. The summed E-state index contributed by atoms with van der Waals surface area (Å²) in [6, 6.07) is 5.75. The SMILES string of the molecule is Fc1cccc(CNc2nc(C(F)(F)F)ns2)c1. The molecule has 0 fully saturated rings. The second-order valence-corrected chi connectivity index (χ2v) is 4.16. The van der Waals surface area contributed by atoms with Crippen molar-refractivity contribution in [2.45, 2.75) is 12.7 Å². The van der Waals surface area contributed by atoms with Gasteiger partial charge >= 0.3 is 6.18 Å². The zero-order valence-electron chi connectivity index (χ0n) is 8.83. The predicted molar refractivity (Wildman–Crippen MR) is 58.6 cm³/mol. The molecule has 0 unspecified atom stereocenters. The summed E-state index contributed by atoms with van der Waals surface area (Å²) >= 11 is 0.614. The van der Waals surface area contributed by atoms with E-state index in [1.165, 1.54) is 18.2 Å². The van der Waals surface area contributed by atoms with Crippen molar-refractivity contribution in [2.24, 2.45) is 0 Å². The first-order chi connectivity index (χ1) is 8.45. The van der Waals surface area contributed by atoms with E-state index in [-0.39, 0.29) is 11.7 Å². The van der Waals surface area contributed by atoms with Crippen LogP contribution in [0.15, 0.2) is 24.3 Å². The number of hydrogen-bond donors (Lipinski definition) is 1. The smallest absolute Gasteiger partial charge is 0.356 e. The zero-order valence-corrected chi connectivity index (χ0v) is 9.65. The summed E-state index contributed by atoms with van der Waals surface area (Å²) in [4.78, 5) is 3.30. The van der Waals surface area contributed by atoms with Crippen molar-refractivity contribution in [1.82, 2.24) is 9.36 Å². The van der Waals surface area contributed by atoms with Gasteiger partial charge in [0.25, 0.3) is 0 Å². The number of aromatic nitrogens is 2. The Morgan fingerprint density at radius 2 is 2.06 bits per heavy atom. The van der Waals surface area contributed by atoms with Gasteiger partial charge in [-0.15, -0.1) is 0 Å². The first kappa shape index (κ1) is 12.7. The van der Waals surface area contributed by atoms with Crippen LogP contribution in [0.3, 0.4) is 0 Å². The second kappa shape index (κ2) is 4.89. The quantitative estimate of drug-likeness (QED) is 0.875. The lowest BCUT2D eigenvalue weighted by atomic mass is 10.2. The van der Waals surface area contributed by atoms with Gasteiger partial charge in [0.15, 0.2) is 0 Å². The Labute approximate surface area is 104 Å². The van der Waals surface area contributed by atoms with Crippen molar-refractivity contribution in [3.8, 4) is 0 Å². The van der Waals surface area contributed by atoms with Gasteiger partial charge in [-0.3, -0.25) is 0 Å². The van der Waals surface area contributed by atoms with E-state index in [0.717, 1.165) is 0 Å². The van der Waals surface area contributed by atoms with Gasteiger partial charge in [0.2, 0.25) is 11.0 Å². The normalized spacial score (nSPS) is 11.6. The fourth-order valence-corrected chi connectivity index (χ4v) is 1.82. The van der Waals surface area contributed by atoms with Gasteiger partial charge in [0.05, 0.1) is 0 Å². The molecular formula is C10H7F4N3S. The lowest BCUT2D eigenvalue weighted by Crippen LogP contribution is -2.07. The monoisotopic (exact) mass is 277 g/mol. The highest BCUT2D eigenvalue weighted by Gasteiger charge is 2.36. The summed E-state index contributed by atoms with van der Waals surface area (Å²) in [6.45, 7) is 0.185. The maximum Gasteiger partial charge on any atom is 0.452 e. The van der Waals surface area contributed by atoms with E-state index in [9.17, 15) is 17.6 Å². The number of hydrogen-bond acceptors (Lipinski definition) is 4. The van der Waals surface area contributed by atoms with E-state index >= 15 is 0 Å². The van der Waals surface area contributed by atoms with Crippen molar-refractivity contribution in [3.05, 3.63) is 41.5 Å².